The van der Waals surface area contributed by atoms with E-state index in [-0.39, 0.29) is 0 Å². The summed E-state index contributed by atoms with van der Waals surface area (Å²) in [4.78, 5) is 14.6. The van der Waals surface area contributed by atoms with Crippen molar-refractivity contribution in [2.75, 3.05) is 11.5 Å². The maximum Gasteiger partial charge on any atom is 0.142 e. The molecule has 0 radical (unpaired) electrons. The van der Waals surface area contributed by atoms with Gasteiger partial charge >= 0.3 is 0 Å². The molecule has 10 heteroatoms. The molecular weight excluding hydrogens is 450 g/mol. The minimum atomic E-state index is -1.18. The van der Waals surface area contributed by atoms with Gasteiger partial charge in [-0.05, 0) is 32.3 Å². The normalized spacial score (nSPS) is 15.0. The Hall–Kier alpha value is -2.30. The van der Waals surface area contributed by atoms with Gasteiger partial charge in [0, 0.05) is 34.2 Å². The molecule has 0 spiro atoms. The first-order valence-corrected chi connectivity index (χ1v) is 13.3. The topological polar surface area (TPSA) is 107 Å². The van der Waals surface area contributed by atoms with Gasteiger partial charge in [0.2, 0.25) is 0 Å². The highest BCUT2D eigenvalue weighted by Gasteiger charge is 2.33. The lowest BCUT2D eigenvalue weighted by Crippen LogP contribution is -2.01. The zero-order valence-corrected chi connectivity index (χ0v) is 19.7. The van der Waals surface area contributed by atoms with Crippen LogP contribution in [0.2, 0.25) is 0 Å². The van der Waals surface area contributed by atoms with E-state index in [0.29, 0.717) is 43.6 Å². The van der Waals surface area contributed by atoms with Crippen LogP contribution < -0.4 is 5.73 Å². The number of anilines is 1. The Labute approximate surface area is 190 Å². The number of aromatic nitrogens is 4. The van der Waals surface area contributed by atoms with E-state index in [1.54, 1.807) is 13.1 Å². The van der Waals surface area contributed by atoms with E-state index < -0.39 is 10.8 Å². The molecule has 5 rings (SSSR count). The fourth-order valence-electron chi connectivity index (χ4n) is 3.72. The van der Waals surface area contributed by atoms with Gasteiger partial charge < -0.3 is 10.9 Å². The van der Waals surface area contributed by atoms with Gasteiger partial charge in [-0.2, -0.15) is 4.73 Å². The van der Waals surface area contributed by atoms with Gasteiger partial charge in [-0.3, -0.25) is 4.21 Å². The predicted octanol–water partition coefficient (Wildman–Crippen LogP) is 5.20. The predicted molar refractivity (Wildman–Crippen MR) is 126 cm³/mol. The minimum absolute atomic E-state index is 0.339. The van der Waals surface area contributed by atoms with E-state index >= 15 is 0 Å². The second kappa shape index (κ2) is 7.99. The SMILES string of the molecule is CCCCS(=O)c1sc2nc(-c3nccs3)cc(-c3c(C4CC4)nc(C)n3O)c2c1N. The van der Waals surface area contributed by atoms with Crippen molar-refractivity contribution in [3.05, 3.63) is 29.2 Å². The Morgan fingerprint density at radius 1 is 1.35 bits per heavy atom. The van der Waals surface area contributed by atoms with Gasteiger partial charge in [0.1, 0.15) is 31.3 Å². The van der Waals surface area contributed by atoms with Gasteiger partial charge in [0.25, 0.3) is 0 Å². The van der Waals surface area contributed by atoms with Crippen LogP contribution >= 0.6 is 22.7 Å². The number of rotatable bonds is 7. The average Bonchev–Trinajstić information content (AvgIpc) is 3.21. The van der Waals surface area contributed by atoms with Crippen LogP contribution in [0.1, 0.15) is 50.0 Å². The summed E-state index contributed by atoms with van der Waals surface area (Å²) < 4.78 is 14.8. The molecule has 1 fully saturated rings. The third kappa shape index (κ3) is 3.56. The number of fused-ring (bicyclic) bond motifs is 1. The Balaban J connectivity index is 1.78. The molecule has 0 aliphatic heterocycles. The van der Waals surface area contributed by atoms with E-state index in [9.17, 15) is 9.42 Å². The third-order valence-electron chi connectivity index (χ3n) is 5.47. The van der Waals surface area contributed by atoms with Gasteiger partial charge in [0.05, 0.1) is 22.2 Å². The van der Waals surface area contributed by atoms with Crippen LogP contribution in [0, 0.1) is 6.92 Å². The minimum Gasteiger partial charge on any atom is -0.427 e. The molecule has 1 aliphatic rings. The van der Waals surface area contributed by atoms with E-state index in [4.69, 9.17) is 10.7 Å². The highest BCUT2D eigenvalue weighted by Crippen LogP contribution is 2.48. The Morgan fingerprint density at radius 2 is 2.16 bits per heavy atom. The van der Waals surface area contributed by atoms with Gasteiger partial charge in [-0.1, -0.05) is 13.3 Å². The van der Waals surface area contributed by atoms with Crippen LogP contribution in [-0.4, -0.2) is 34.9 Å². The van der Waals surface area contributed by atoms with Crippen LogP contribution in [0.25, 0.3) is 32.2 Å². The Kier molecular flexibility index (Phi) is 5.31. The zero-order valence-electron chi connectivity index (χ0n) is 17.3. The third-order valence-corrected chi connectivity index (χ3v) is 9.26. The summed E-state index contributed by atoms with van der Waals surface area (Å²) in [5, 5.41) is 14.3. The number of nitrogens with zero attached hydrogens (tertiary/aromatic N) is 4. The first-order chi connectivity index (χ1) is 15.0. The highest BCUT2D eigenvalue weighted by molar-refractivity contribution is 7.87. The molecule has 0 aromatic carbocycles. The number of nitrogens with two attached hydrogens (primary N) is 1. The van der Waals surface area contributed by atoms with Gasteiger partial charge in [-0.15, -0.1) is 22.7 Å². The molecule has 3 N–H and O–H groups in total. The maximum absolute atomic E-state index is 12.9. The summed E-state index contributed by atoms with van der Waals surface area (Å²) in [6.07, 6.45) is 5.71. The van der Waals surface area contributed by atoms with Gasteiger partial charge in [0.15, 0.2) is 0 Å². The maximum atomic E-state index is 12.9. The lowest BCUT2D eigenvalue weighted by molar-refractivity contribution is 0.183. The number of imidazole rings is 1. The lowest BCUT2D eigenvalue weighted by Gasteiger charge is -2.10. The highest BCUT2D eigenvalue weighted by atomic mass is 32.2. The second-order valence-corrected chi connectivity index (χ2v) is 11.4. The van der Waals surface area contributed by atoms with Crippen LogP contribution in [0.5, 0.6) is 0 Å². The van der Waals surface area contributed by atoms with Crippen LogP contribution in [0.15, 0.2) is 21.9 Å². The molecule has 31 heavy (non-hydrogen) atoms. The number of aryl methyl sites for hydroxylation is 1. The number of pyridine rings is 1. The molecule has 1 unspecified atom stereocenters. The number of thiophene rings is 1. The molecular formula is C21H23N5O2S3. The summed E-state index contributed by atoms with van der Waals surface area (Å²) in [6.45, 7) is 3.87. The molecule has 1 atom stereocenters. The molecule has 4 aromatic heterocycles. The molecule has 4 aromatic rings. The average molecular weight is 474 g/mol. The molecule has 7 nitrogen and oxygen atoms in total. The fourth-order valence-corrected chi connectivity index (χ4v) is 7.12. The first-order valence-electron chi connectivity index (χ1n) is 10.3. The number of unbranched alkanes of at least 4 members (excludes halogenated alkanes) is 1. The Morgan fingerprint density at radius 3 is 2.84 bits per heavy atom. The zero-order chi connectivity index (χ0) is 21.7. The smallest absolute Gasteiger partial charge is 0.142 e. The summed E-state index contributed by atoms with van der Waals surface area (Å²) in [5.74, 6) is 1.46. The summed E-state index contributed by atoms with van der Waals surface area (Å²) in [7, 11) is -1.18. The number of hydrogen-bond acceptors (Lipinski definition) is 8. The van der Waals surface area contributed by atoms with Crippen molar-refractivity contribution in [2.24, 2.45) is 0 Å². The number of nitrogen functional groups attached to an aromatic ring is 1. The number of thiazole rings is 1. The molecule has 1 saturated carbocycles. The summed E-state index contributed by atoms with van der Waals surface area (Å²) >= 11 is 2.88. The van der Waals surface area contributed by atoms with Crippen molar-refractivity contribution in [3.63, 3.8) is 0 Å². The molecule has 4 heterocycles. The standard InChI is InChI=1S/C21H23N5O2S3/c1-3-4-9-31(28)21-16(22)15-13(18-17(12-5-6-12)24-11(2)26(18)27)10-14(25-20(15)30-21)19-23-7-8-29-19/h7-8,10,12,27H,3-6,9,22H2,1-2H3. The van der Waals surface area contributed by atoms with Crippen LogP contribution in [0.3, 0.4) is 0 Å². The molecule has 0 saturated heterocycles. The van der Waals surface area contributed by atoms with Crippen molar-refractivity contribution in [1.82, 2.24) is 19.7 Å². The van der Waals surface area contributed by atoms with Crippen molar-refractivity contribution >= 4 is 49.4 Å². The van der Waals surface area contributed by atoms with E-state index in [0.717, 1.165) is 52.1 Å². The second-order valence-electron chi connectivity index (χ2n) is 7.76. The van der Waals surface area contributed by atoms with Crippen molar-refractivity contribution in [2.45, 2.75) is 49.7 Å². The van der Waals surface area contributed by atoms with Crippen LogP contribution in [-0.2, 0) is 10.8 Å². The molecule has 0 amide bonds. The summed E-state index contributed by atoms with van der Waals surface area (Å²) in [5.41, 5.74) is 10.1. The monoisotopic (exact) mass is 473 g/mol. The lowest BCUT2D eigenvalue weighted by atomic mass is 10.0. The van der Waals surface area contributed by atoms with E-state index in [2.05, 4.69) is 16.9 Å². The van der Waals surface area contributed by atoms with Crippen molar-refractivity contribution in [1.29, 1.82) is 0 Å². The van der Waals surface area contributed by atoms with E-state index in [1.165, 1.54) is 22.7 Å². The van der Waals surface area contributed by atoms with E-state index in [1.807, 2.05) is 11.4 Å². The van der Waals surface area contributed by atoms with Crippen molar-refractivity contribution in [3.8, 4) is 22.0 Å². The fraction of sp³-hybridized carbons (Fsp3) is 0.381. The molecule has 162 valence electrons. The quantitative estimate of drug-likeness (QED) is 0.357. The van der Waals surface area contributed by atoms with Crippen molar-refractivity contribution < 1.29 is 9.42 Å². The number of hydrogen-bond donors (Lipinski definition) is 2. The van der Waals surface area contributed by atoms with Gasteiger partial charge in [-0.25, -0.2) is 15.0 Å². The first kappa shape index (κ1) is 20.6. The summed E-state index contributed by atoms with van der Waals surface area (Å²) in [6, 6.07) is 1.93. The van der Waals surface area contributed by atoms with Crippen LogP contribution in [0.4, 0.5) is 5.69 Å². The Bertz CT molecular complexity index is 1290. The largest absolute Gasteiger partial charge is 0.427 e. The molecule has 0 bridgehead atoms. The molecule has 1 aliphatic carbocycles.